The summed E-state index contributed by atoms with van der Waals surface area (Å²) in [5, 5.41) is 12.2. The molecule has 0 unspecified atom stereocenters. The van der Waals surface area contributed by atoms with Crippen molar-refractivity contribution < 1.29 is 5.11 Å². The lowest BCUT2D eigenvalue weighted by molar-refractivity contribution is 0.466. The highest BCUT2D eigenvalue weighted by atomic mass is 16.3. The molecule has 1 aromatic carbocycles. The maximum atomic E-state index is 9.27. The lowest BCUT2D eigenvalue weighted by Crippen LogP contribution is -2.05. The van der Waals surface area contributed by atoms with Crippen LogP contribution in [0.5, 0.6) is 5.75 Å². The minimum atomic E-state index is 0.286. The number of aromatic hydroxyl groups is 1. The largest absolute Gasteiger partial charge is 0.508 e. The monoisotopic (exact) mass is 152 g/mol. The van der Waals surface area contributed by atoms with E-state index in [4.69, 9.17) is 5.73 Å². The molecule has 3 nitrogen and oxygen atoms in total. The Morgan fingerprint density at radius 1 is 1.55 bits per heavy atom. The number of hydrogen-bond donors (Lipinski definition) is 3. The molecule has 1 rings (SSSR count). The van der Waals surface area contributed by atoms with Gasteiger partial charge in [-0.2, -0.15) is 0 Å². The first kappa shape index (κ1) is 7.88. The summed E-state index contributed by atoms with van der Waals surface area (Å²) in [5.74, 6) is 0.286. The van der Waals surface area contributed by atoms with Crippen LogP contribution in [-0.4, -0.2) is 12.2 Å². The fraction of sp³-hybridized carbons (Fsp3) is 0.250. The number of nitrogens with one attached hydrogen (secondary N) is 1. The Balaban J connectivity index is 2.93. The lowest BCUT2D eigenvalue weighted by atomic mass is 10.2. The van der Waals surface area contributed by atoms with Gasteiger partial charge in [0.05, 0.1) is 0 Å². The second kappa shape index (κ2) is 3.25. The van der Waals surface area contributed by atoms with Crippen molar-refractivity contribution in [3.8, 4) is 5.75 Å². The molecule has 4 N–H and O–H groups in total. The smallest absolute Gasteiger partial charge is 0.120 e. The van der Waals surface area contributed by atoms with Gasteiger partial charge in [-0.1, -0.05) is 0 Å². The zero-order valence-corrected chi connectivity index (χ0v) is 6.46. The number of rotatable bonds is 2. The highest BCUT2D eigenvalue weighted by molar-refractivity contribution is 5.47. The number of nitrogen functional groups attached to an aromatic ring is 1. The van der Waals surface area contributed by atoms with Gasteiger partial charge in [0.2, 0.25) is 0 Å². The molecule has 0 aliphatic carbocycles. The lowest BCUT2D eigenvalue weighted by Gasteiger charge is -2.03. The van der Waals surface area contributed by atoms with Crippen molar-refractivity contribution >= 4 is 5.69 Å². The van der Waals surface area contributed by atoms with Crippen LogP contribution in [0.15, 0.2) is 18.2 Å². The molecule has 0 aromatic heterocycles. The second-order valence-electron chi connectivity index (χ2n) is 2.42. The predicted molar refractivity (Wildman–Crippen MR) is 45.3 cm³/mol. The zero-order chi connectivity index (χ0) is 8.27. The van der Waals surface area contributed by atoms with E-state index >= 15 is 0 Å². The normalized spacial score (nSPS) is 9.91. The Morgan fingerprint density at radius 2 is 2.27 bits per heavy atom. The van der Waals surface area contributed by atoms with E-state index in [-0.39, 0.29) is 5.75 Å². The maximum Gasteiger partial charge on any atom is 0.120 e. The van der Waals surface area contributed by atoms with Crippen molar-refractivity contribution in [2.45, 2.75) is 6.54 Å². The number of hydrogen-bond acceptors (Lipinski definition) is 3. The number of nitrogens with two attached hydrogens (primary N) is 1. The summed E-state index contributed by atoms with van der Waals surface area (Å²) in [6.07, 6.45) is 0. The number of benzene rings is 1. The van der Waals surface area contributed by atoms with Crippen LogP contribution >= 0.6 is 0 Å². The van der Waals surface area contributed by atoms with Crippen LogP contribution in [-0.2, 0) is 6.54 Å². The van der Waals surface area contributed by atoms with Crippen molar-refractivity contribution in [3.63, 3.8) is 0 Å². The molecular formula is C8H12N2O. The minimum absolute atomic E-state index is 0.286. The highest BCUT2D eigenvalue weighted by Gasteiger charge is 1.98. The molecule has 1 aromatic rings. The van der Waals surface area contributed by atoms with E-state index in [2.05, 4.69) is 5.32 Å². The van der Waals surface area contributed by atoms with Gasteiger partial charge in [-0.25, -0.2) is 0 Å². The van der Waals surface area contributed by atoms with Gasteiger partial charge in [0.15, 0.2) is 0 Å². The minimum Gasteiger partial charge on any atom is -0.508 e. The number of anilines is 1. The number of phenols is 1. The molecular weight excluding hydrogens is 140 g/mol. The summed E-state index contributed by atoms with van der Waals surface area (Å²) in [6, 6.07) is 5.03. The van der Waals surface area contributed by atoms with E-state index < -0.39 is 0 Å². The maximum absolute atomic E-state index is 9.27. The van der Waals surface area contributed by atoms with E-state index in [1.54, 1.807) is 18.2 Å². The number of phenolic OH excluding ortho intramolecular Hbond substituents is 1. The average molecular weight is 152 g/mol. The first-order chi connectivity index (χ1) is 5.24. The first-order valence-corrected chi connectivity index (χ1v) is 3.46. The van der Waals surface area contributed by atoms with Gasteiger partial charge in [-0.15, -0.1) is 0 Å². The summed E-state index contributed by atoms with van der Waals surface area (Å²) in [6.45, 7) is 0.636. The fourth-order valence-electron chi connectivity index (χ4n) is 0.937. The molecule has 0 radical (unpaired) electrons. The molecule has 3 heteroatoms. The summed E-state index contributed by atoms with van der Waals surface area (Å²) in [5.41, 5.74) is 7.02. The third-order valence-corrected chi connectivity index (χ3v) is 1.47. The third kappa shape index (κ3) is 1.85. The SMILES string of the molecule is CNCc1cc(N)ccc1O. The summed E-state index contributed by atoms with van der Waals surface area (Å²) < 4.78 is 0. The molecule has 0 aliphatic heterocycles. The van der Waals surface area contributed by atoms with Gasteiger partial charge in [0.25, 0.3) is 0 Å². The molecule has 0 amide bonds. The average Bonchev–Trinajstić information content (AvgIpc) is 1.98. The van der Waals surface area contributed by atoms with Crippen LogP contribution in [0.3, 0.4) is 0 Å². The summed E-state index contributed by atoms with van der Waals surface area (Å²) >= 11 is 0. The Hall–Kier alpha value is -1.22. The molecule has 0 atom stereocenters. The third-order valence-electron chi connectivity index (χ3n) is 1.47. The quantitative estimate of drug-likeness (QED) is 0.431. The van der Waals surface area contributed by atoms with E-state index in [1.165, 1.54) is 0 Å². The van der Waals surface area contributed by atoms with Gasteiger partial charge < -0.3 is 16.2 Å². The molecule has 0 spiro atoms. The fourth-order valence-corrected chi connectivity index (χ4v) is 0.937. The molecule has 0 aliphatic rings. The molecule has 0 fully saturated rings. The van der Waals surface area contributed by atoms with Crippen molar-refractivity contribution in [1.82, 2.24) is 5.32 Å². The molecule has 11 heavy (non-hydrogen) atoms. The van der Waals surface area contributed by atoms with Gasteiger partial charge in [-0.05, 0) is 25.2 Å². The first-order valence-electron chi connectivity index (χ1n) is 3.46. The van der Waals surface area contributed by atoms with Gasteiger partial charge in [0, 0.05) is 17.8 Å². The van der Waals surface area contributed by atoms with Crippen LogP contribution in [0.4, 0.5) is 5.69 Å². The van der Waals surface area contributed by atoms with Crippen molar-refractivity contribution in [2.75, 3.05) is 12.8 Å². The van der Waals surface area contributed by atoms with Crippen molar-refractivity contribution in [1.29, 1.82) is 0 Å². The van der Waals surface area contributed by atoms with Crippen LogP contribution in [0.1, 0.15) is 5.56 Å². The Bertz CT molecular complexity index is 248. The van der Waals surface area contributed by atoms with Gasteiger partial charge in [0.1, 0.15) is 5.75 Å². The highest BCUT2D eigenvalue weighted by Crippen LogP contribution is 2.18. The van der Waals surface area contributed by atoms with Gasteiger partial charge >= 0.3 is 0 Å². The standard InChI is InChI=1S/C8H12N2O/c1-10-5-6-4-7(9)2-3-8(6)11/h2-4,10-11H,5,9H2,1H3. The zero-order valence-electron chi connectivity index (χ0n) is 6.46. The Morgan fingerprint density at radius 3 is 2.91 bits per heavy atom. The van der Waals surface area contributed by atoms with Crippen molar-refractivity contribution in [2.24, 2.45) is 0 Å². The van der Waals surface area contributed by atoms with E-state index in [0.717, 1.165) is 5.56 Å². The molecule has 0 saturated carbocycles. The van der Waals surface area contributed by atoms with Crippen molar-refractivity contribution in [3.05, 3.63) is 23.8 Å². The Kier molecular flexibility index (Phi) is 2.33. The summed E-state index contributed by atoms with van der Waals surface area (Å²) in [4.78, 5) is 0. The second-order valence-corrected chi connectivity index (χ2v) is 2.42. The van der Waals surface area contributed by atoms with Gasteiger partial charge in [-0.3, -0.25) is 0 Å². The predicted octanol–water partition coefficient (Wildman–Crippen LogP) is 0.694. The van der Waals surface area contributed by atoms with E-state index in [9.17, 15) is 5.11 Å². The summed E-state index contributed by atoms with van der Waals surface area (Å²) in [7, 11) is 1.82. The van der Waals surface area contributed by atoms with Crippen LogP contribution in [0, 0.1) is 0 Å². The van der Waals surface area contributed by atoms with E-state index in [1.807, 2.05) is 7.05 Å². The van der Waals surface area contributed by atoms with Crippen LogP contribution in [0.25, 0.3) is 0 Å². The Labute approximate surface area is 65.8 Å². The molecule has 0 saturated heterocycles. The van der Waals surface area contributed by atoms with Crippen LogP contribution < -0.4 is 11.1 Å². The molecule has 0 bridgehead atoms. The van der Waals surface area contributed by atoms with E-state index in [0.29, 0.717) is 12.2 Å². The molecule has 0 heterocycles. The molecule has 60 valence electrons. The topological polar surface area (TPSA) is 58.3 Å². The van der Waals surface area contributed by atoms with Crippen LogP contribution in [0.2, 0.25) is 0 Å².